The molecular formula is C16H29N3S. The number of rotatable bonds is 5. The predicted molar refractivity (Wildman–Crippen MR) is 86.2 cm³/mol. The van der Waals surface area contributed by atoms with Crippen LogP contribution in [-0.2, 0) is 5.41 Å². The van der Waals surface area contributed by atoms with Gasteiger partial charge >= 0.3 is 0 Å². The van der Waals surface area contributed by atoms with Crippen LogP contribution in [0.25, 0.3) is 0 Å². The Balaban J connectivity index is 2.23. The van der Waals surface area contributed by atoms with Crippen molar-refractivity contribution in [1.82, 2.24) is 14.9 Å². The van der Waals surface area contributed by atoms with Crippen molar-refractivity contribution in [1.29, 1.82) is 0 Å². The lowest BCUT2D eigenvalue weighted by atomic mass is 9.80. The van der Waals surface area contributed by atoms with E-state index in [2.05, 4.69) is 42.6 Å². The van der Waals surface area contributed by atoms with Crippen LogP contribution in [0.3, 0.4) is 0 Å². The molecule has 3 nitrogen and oxygen atoms in total. The van der Waals surface area contributed by atoms with Gasteiger partial charge in [-0.25, -0.2) is 0 Å². The largest absolute Gasteiger partial charge is 0.309 e. The first-order chi connectivity index (χ1) is 9.54. The van der Waals surface area contributed by atoms with Crippen LogP contribution in [0.1, 0.15) is 82.8 Å². The molecule has 1 N–H and O–H groups in total. The molecular weight excluding hydrogens is 266 g/mol. The first kappa shape index (κ1) is 15.9. The summed E-state index contributed by atoms with van der Waals surface area (Å²) in [7, 11) is 0. The SMILES string of the molecule is CCCNC(c1snnc1C(C)(C)C)C1CCCCC1. The highest BCUT2D eigenvalue weighted by Gasteiger charge is 2.32. The molecule has 0 bridgehead atoms. The Morgan fingerprint density at radius 3 is 2.55 bits per heavy atom. The van der Waals surface area contributed by atoms with Gasteiger partial charge in [-0.1, -0.05) is 51.4 Å². The van der Waals surface area contributed by atoms with E-state index in [1.54, 1.807) is 11.5 Å². The summed E-state index contributed by atoms with van der Waals surface area (Å²) in [5.41, 5.74) is 1.28. The van der Waals surface area contributed by atoms with Crippen LogP contribution in [0.2, 0.25) is 0 Å². The van der Waals surface area contributed by atoms with Gasteiger partial charge in [-0.2, -0.15) is 0 Å². The molecule has 0 spiro atoms. The summed E-state index contributed by atoms with van der Waals surface area (Å²) in [5.74, 6) is 0.763. The molecule has 1 aromatic heterocycles. The highest BCUT2D eigenvalue weighted by atomic mass is 32.1. The molecule has 1 fully saturated rings. The minimum absolute atomic E-state index is 0.0865. The Morgan fingerprint density at radius 1 is 1.25 bits per heavy atom. The van der Waals surface area contributed by atoms with Crippen molar-refractivity contribution >= 4 is 11.5 Å². The van der Waals surface area contributed by atoms with E-state index >= 15 is 0 Å². The molecule has 1 aliphatic rings. The maximum atomic E-state index is 4.44. The van der Waals surface area contributed by atoms with Gasteiger partial charge < -0.3 is 5.32 Å². The maximum Gasteiger partial charge on any atom is 0.0857 e. The molecule has 4 heteroatoms. The standard InChI is InChI=1S/C16H29N3S/c1-5-11-17-13(12-9-7-6-8-10-12)14-15(16(2,3)4)18-19-20-14/h12-13,17H,5-11H2,1-4H3. The lowest BCUT2D eigenvalue weighted by Gasteiger charge is -2.32. The monoisotopic (exact) mass is 295 g/mol. The third kappa shape index (κ3) is 3.79. The molecule has 1 saturated carbocycles. The minimum atomic E-state index is 0.0865. The zero-order valence-corrected chi connectivity index (χ0v) is 14.2. The van der Waals surface area contributed by atoms with Gasteiger partial charge in [0.1, 0.15) is 0 Å². The molecule has 0 radical (unpaired) electrons. The quantitative estimate of drug-likeness (QED) is 0.871. The van der Waals surface area contributed by atoms with Crippen molar-refractivity contribution in [3.8, 4) is 0 Å². The van der Waals surface area contributed by atoms with Crippen LogP contribution < -0.4 is 5.32 Å². The molecule has 1 aliphatic carbocycles. The van der Waals surface area contributed by atoms with Crippen LogP contribution in [0.4, 0.5) is 0 Å². The van der Waals surface area contributed by atoms with Crippen LogP contribution in [0, 0.1) is 5.92 Å². The van der Waals surface area contributed by atoms with E-state index in [0.29, 0.717) is 6.04 Å². The van der Waals surface area contributed by atoms with Gasteiger partial charge in [-0.05, 0) is 43.3 Å². The molecule has 1 atom stereocenters. The van der Waals surface area contributed by atoms with E-state index in [-0.39, 0.29) is 5.41 Å². The maximum absolute atomic E-state index is 4.44. The second kappa shape index (κ2) is 6.99. The van der Waals surface area contributed by atoms with Crippen molar-refractivity contribution in [2.24, 2.45) is 5.92 Å². The summed E-state index contributed by atoms with van der Waals surface area (Å²) in [5, 5.41) is 8.22. The Kier molecular flexibility index (Phi) is 5.56. The number of hydrogen-bond acceptors (Lipinski definition) is 4. The van der Waals surface area contributed by atoms with E-state index in [0.717, 1.165) is 12.5 Å². The van der Waals surface area contributed by atoms with Crippen molar-refractivity contribution in [2.75, 3.05) is 6.54 Å². The van der Waals surface area contributed by atoms with Crippen LogP contribution in [0.15, 0.2) is 0 Å². The average molecular weight is 295 g/mol. The molecule has 1 aromatic rings. The molecule has 0 aliphatic heterocycles. The van der Waals surface area contributed by atoms with Gasteiger partial charge in [0.15, 0.2) is 0 Å². The van der Waals surface area contributed by atoms with E-state index < -0.39 is 0 Å². The second-order valence-electron chi connectivity index (χ2n) is 7.07. The molecule has 0 saturated heterocycles. The second-order valence-corrected chi connectivity index (χ2v) is 7.85. The van der Waals surface area contributed by atoms with Crippen molar-refractivity contribution in [2.45, 2.75) is 77.7 Å². The number of nitrogens with one attached hydrogen (secondary N) is 1. The molecule has 1 heterocycles. The van der Waals surface area contributed by atoms with Gasteiger partial charge in [0.25, 0.3) is 0 Å². The van der Waals surface area contributed by atoms with Crippen LogP contribution in [-0.4, -0.2) is 16.1 Å². The molecule has 0 aromatic carbocycles. The minimum Gasteiger partial charge on any atom is -0.309 e. The zero-order chi connectivity index (χ0) is 14.6. The first-order valence-electron chi connectivity index (χ1n) is 8.10. The lowest BCUT2D eigenvalue weighted by molar-refractivity contribution is 0.272. The van der Waals surface area contributed by atoms with Gasteiger partial charge in [0, 0.05) is 11.5 Å². The van der Waals surface area contributed by atoms with Crippen LogP contribution in [0.5, 0.6) is 0 Å². The van der Waals surface area contributed by atoms with Gasteiger partial charge in [0.2, 0.25) is 0 Å². The van der Waals surface area contributed by atoms with Gasteiger partial charge in [-0.15, -0.1) is 5.10 Å². The Morgan fingerprint density at radius 2 is 1.95 bits per heavy atom. The van der Waals surface area contributed by atoms with E-state index in [1.807, 2.05) is 0 Å². The summed E-state index contributed by atoms with van der Waals surface area (Å²) >= 11 is 1.60. The highest BCUT2D eigenvalue weighted by Crippen LogP contribution is 2.39. The molecule has 0 amide bonds. The third-order valence-electron chi connectivity index (χ3n) is 4.24. The van der Waals surface area contributed by atoms with E-state index in [9.17, 15) is 0 Å². The number of aromatic nitrogens is 2. The number of nitrogens with zero attached hydrogens (tertiary/aromatic N) is 2. The molecule has 2 rings (SSSR count). The third-order valence-corrected chi connectivity index (χ3v) is 5.05. The molecule has 114 valence electrons. The Labute approximate surface area is 127 Å². The smallest absolute Gasteiger partial charge is 0.0857 e. The Hall–Kier alpha value is -0.480. The van der Waals surface area contributed by atoms with Gasteiger partial charge in [0.05, 0.1) is 10.6 Å². The Bertz CT molecular complexity index is 402. The summed E-state index contributed by atoms with van der Waals surface area (Å²) in [6.07, 6.45) is 8.05. The topological polar surface area (TPSA) is 37.8 Å². The fraction of sp³-hybridized carbons (Fsp3) is 0.875. The predicted octanol–water partition coefficient (Wildman–Crippen LogP) is 4.46. The molecule has 1 unspecified atom stereocenters. The summed E-state index contributed by atoms with van der Waals surface area (Å²) in [6.45, 7) is 10.0. The normalized spacial score (nSPS) is 19.2. The fourth-order valence-electron chi connectivity index (χ4n) is 3.16. The van der Waals surface area contributed by atoms with Gasteiger partial charge in [-0.3, -0.25) is 0 Å². The van der Waals surface area contributed by atoms with E-state index in [1.165, 1.54) is 49.1 Å². The van der Waals surface area contributed by atoms with Crippen molar-refractivity contribution in [3.05, 3.63) is 10.6 Å². The summed E-state index contributed by atoms with van der Waals surface area (Å²) in [6, 6.07) is 0.462. The highest BCUT2D eigenvalue weighted by molar-refractivity contribution is 7.05. The fourth-order valence-corrected chi connectivity index (χ4v) is 4.20. The van der Waals surface area contributed by atoms with Crippen LogP contribution >= 0.6 is 11.5 Å². The number of hydrogen-bond donors (Lipinski definition) is 1. The zero-order valence-electron chi connectivity index (χ0n) is 13.4. The average Bonchev–Trinajstić information content (AvgIpc) is 2.90. The van der Waals surface area contributed by atoms with Crippen molar-refractivity contribution in [3.63, 3.8) is 0 Å². The lowest BCUT2D eigenvalue weighted by Crippen LogP contribution is -2.31. The summed E-state index contributed by atoms with van der Waals surface area (Å²) in [4.78, 5) is 1.39. The first-order valence-corrected chi connectivity index (χ1v) is 8.87. The van der Waals surface area contributed by atoms with Crippen molar-refractivity contribution < 1.29 is 0 Å². The summed E-state index contributed by atoms with van der Waals surface area (Å²) < 4.78 is 4.26. The molecule has 20 heavy (non-hydrogen) atoms. The van der Waals surface area contributed by atoms with E-state index in [4.69, 9.17) is 0 Å².